The second-order valence-electron chi connectivity index (χ2n) is 4.30. The monoisotopic (exact) mass is 272 g/mol. The fraction of sp³-hybridized carbons (Fsp3) is 0.0667. The third-order valence-corrected chi connectivity index (χ3v) is 2.86. The lowest BCUT2D eigenvalue weighted by atomic mass is 10.0. The lowest BCUT2D eigenvalue weighted by Gasteiger charge is -2.09. The number of aromatic nitrogens is 1. The number of hydrogen-bond donors (Lipinski definition) is 2. The topological polar surface area (TPSA) is 76.2 Å². The quantitative estimate of drug-likeness (QED) is 0.665. The van der Waals surface area contributed by atoms with Crippen molar-refractivity contribution in [2.45, 2.75) is 6.92 Å². The van der Waals surface area contributed by atoms with Crippen molar-refractivity contribution in [3.8, 4) is 11.3 Å². The van der Waals surface area contributed by atoms with Crippen LogP contribution in [0.1, 0.15) is 12.5 Å². The Kier molecular flexibility index (Phi) is 3.79. The summed E-state index contributed by atoms with van der Waals surface area (Å²) in [7, 11) is 0. The SMILES string of the molecule is C/C(=C\C(=O)O)c1ccc(N)c(-c2ncccc2F)c1. The summed E-state index contributed by atoms with van der Waals surface area (Å²) in [6.07, 6.45) is 2.56. The largest absolute Gasteiger partial charge is 0.478 e. The molecule has 0 fully saturated rings. The minimum Gasteiger partial charge on any atom is -0.478 e. The van der Waals surface area contributed by atoms with E-state index in [0.29, 0.717) is 22.4 Å². The molecular formula is C15H13FN2O2. The van der Waals surface area contributed by atoms with Crippen LogP contribution in [0.2, 0.25) is 0 Å². The summed E-state index contributed by atoms with van der Waals surface area (Å²) < 4.78 is 13.8. The number of rotatable bonds is 3. The van der Waals surface area contributed by atoms with Crippen LogP contribution in [-0.2, 0) is 4.79 Å². The number of carbonyl (C=O) groups is 1. The number of nitrogens with two attached hydrogens (primary N) is 1. The molecule has 1 aromatic heterocycles. The van der Waals surface area contributed by atoms with Gasteiger partial charge in [0.05, 0.1) is 0 Å². The molecule has 0 aliphatic rings. The molecule has 1 aromatic carbocycles. The highest BCUT2D eigenvalue weighted by Gasteiger charge is 2.11. The molecule has 0 radical (unpaired) electrons. The van der Waals surface area contributed by atoms with Gasteiger partial charge in [0.2, 0.25) is 0 Å². The second-order valence-corrected chi connectivity index (χ2v) is 4.30. The molecular weight excluding hydrogens is 259 g/mol. The fourth-order valence-electron chi connectivity index (χ4n) is 1.86. The van der Waals surface area contributed by atoms with Crippen molar-refractivity contribution in [2.75, 3.05) is 5.73 Å². The van der Waals surface area contributed by atoms with Crippen LogP contribution in [0.5, 0.6) is 0 Å². The maximum atomic E-state index is 13.8. The van der Waals surface area contributed by atoms with Crippen molar-refractivity contribution in [1.82, 2.24) is 4.98 Å². The number of nitrogen functional groups attached to an aromatic ring is 1. The molecule has 0 unspecified atom stereocenters. The average molecular weight is 272 g/mol. The maximum absolute atomic E-state index is 13.8. The molecule has 0 spiro atoms. The number of aliphatic carboxylic acids is 1. The van der Waals surface area contributed by atoms with E-state index in [-0.39, 0.29) is 5.69 Å². The Bertz CT molecular complexity index is 696. The highest BCUT2D eigenvalue weighted by Crippen LogP contribution is 2.29. The number of carboxylic acid groups (broad SMARTS) is 1. The lowest BCUT2D eigenvalue weighted by molar-refractivity contribution is -0.131. The van der Waals surface area contributed by atoms with E-state index in [0.717, 1.165) is 6.08 Å². The Labute approximate surface area is 115 Å². The molecule has 0 atom stereocenters. The van der Waals surface area contributed by atoms with Crippen molar-refractivity contribution in [1.29, 1.82) is 0 Å². The number of halogens is 1. The highest BCUT2D eigenvalue weighted by atomic mass is 19.1. The molecule has 0 aliphatic carbocycles. The average Bonchev–Trinajstić information content (AvgIpc) is 2.39. The molecule has 102 valence electrons. The van der Waals surface area contributed by atoms with Crippen LogP contribution in [0.3, 0.4) is 0 Å². The number of anilines is 1. The molecule has 20 heavy (non-hydrogen) atoms. The van der Waals surface area contributed by atoms with Gasteiger partial charge in [-0.25, -0.2) is 9.18 Å². The number of benzene rings is 1. The van der Waals surface area contributed by atoms with Crippen molar-refractivity contribution in [3.63, 3.8) is 0 Å². The number of carboxylic acids is 1. The Hall–Kier alpha value is -2.69. The van der Waals surface area contributed by atoms with Gasteiger partial charge in [0.15, 0.2) is 0 Å². The molecule has 0 amide bonds. The fourth-order valence-corrected chi connectivity index (χ4v) is 1.86. The summed E-state index contributed by atoms with van der Waals surface area (Å²) >= 11 is 0. The zero-order valence-electron chi connectivity index (χ0n) is 10.8. The number of hydrogen-bond acceptors (Lipinski definition) is 3. The second kappa shape index (κ2) is 5.52. The molecule has 0 aliphatic heterocycles. The standard InChI is InChI=1S/C15H13FN2O2/c1-9(7-14(19)20)10-4-5-13(17)11(8-10)15-12(16)3-2-6-18-15/h2-8H,17H2,1H3,(H,19,20)/b9-7+. The molecule has 0 saturated carbocycles. The lowest BCUT2D eigenvalue weighted by Crippen LogP contribution is -1.97. The summed E-state index contributed by atoms with van der Waals surface area (Å²) in [5.41, 5.74) is 8.03. The van der Waals surface area contributed by atoms with Gasteiger partial charge in [-0.05, 0) is 42.3 Å². The van der Waals surface area contributed by atoms with Gasteiger partial charge in [-0.15, -0.1) is 0 Å². The highest BCUT2D eigenvalue weighted by molar-refractivity contribution is 5.90. The Morgan fingerprint density at radius 1 is 1.40 bits per heavy atom. The first-order chi connectivity index (χ1) is 9.49. The number of allylic oxidation sites excluding steroid dienone is 1. The van der Waals surface area contributed by atoms with E-state index in [1.165, 1.54) is 18.3 Å². The van der Waals surface area contributed by atoms with E-state index >= 15 is 0 Å². The summed E-state index contributed by atoms with van der Waals surface area (Å²) in [5.74, 6) is -1.51. The van der Waals surface area contributed by atoms with Crippen LogP contribution in [0.4, 0.5) is 10.1 Å². The van der Waals surface area contributed by atoms with Crippen molar-refractivity contribution < 1.29 is 14.3 Å². The summed E-state index contributed by atoms with van der Waals surface area (Å²) in [5, 5.41) is 8.76. The van der Waals surface area contributed by atoms with E-state index < -0.39 is 11.8 Å². The Morgan fingerprint density at radius 3 is 2.80 bits per heavy atom. The number of pyridine rings is 1. The first kappa shape index (κ1) is 13.7. The summed E-state index contributed by atoms with van der Waals surface area (Å²) in [4.78, 5) is 14.7. The van der Waals surface area contributed by atoms with Crippen LogP contribution in [0.25, 0.3) is 16.8 Å². The smallest absolute Gasteiger partial charge is 0.328 e. The normalized spacial score (nSPS) is 11.4. The zero-order chi connectivity index (χ0) is 14.7. The van der Waals surface area contributed by atoms with Gasteiger partial charge >= 0.3 is 5.97 Å². The van der Waals surface area contributed by atoms with Gasteiger partial charge in [0.25, 0.3) is 0 Å². The molecule has 5 heteroatoms. The Balaban J connectivity index is 2.56. The van der Waals surface area contributed by atoms with E-state index in [9.17, 15) is 9.18 Å². The van der Waals surface area contributed by atoms with E-state index in [4.69, 9.17) is 10.8 Å². The third-order valence-electron chi connectivity index (χ3n) is 2.86. The zero-order valence-corrected chi connectivity index (χ0v) is 10.8. The predicted molar refractivity (Wildman–Crippen MR) is 75.3 cm³/mol. The molecule has 1 heterocycles. The minimum absolute atomic E-state index is 0.148. The van der Waals surface area contributed by atoms with Gasteiger partial charge in [-0.1, -0.05) is 6.07 Å². The van der Waals surface area contributed by atoms with Crippen LogP contribution in [-0.4, -0.2) is 16.1 Å². The minimum atomic E-state index is -1.04. The van der Waals surface area contributed by atoms with Gasteiger partial charge in [0.1, 0.15) is 11.5 Å². The van der Waals surface area contributed by atoms with E-state index in [2.05, 4.69) is 4.98 Å². The molecule has 3 N–H and O–H groups in total. The first-order valence-electron chi connectivity index (χ1n) is 5.91. The van der Waals surface area contributed by atoms with Crippen molar-refractivity contribution in [3.05, 3.63) is 54.0 Å². The van der Waals surface area contributed by atoms with Gasteiger partial charge in [-0.3, -0.25) is 4.98 Å². The van der Waals surface area contributed by atoms with Gasteiger partial charge in [-0.2, -0.15) is 0 Å². The van der Waals surface area contributed by atoms with E-state index in [1.54, 1.807) is 25.1 Å². The van der Waals surface area contributed by atoms with Crippen LogP contribution in [0.15, 0.2) is 42.6 Å². The molecule has 2 aromatic rings. The van der Waals surface area contributed by atoms with Gasteiger partial charge in [0, 0.05) is 23.5 Å². The van der Waals surface area contributed by atoms with Crippen LogP contribution in [0, 0.1) is 5.82 Å². The summed E-state index contributed by atoms with van der Waals surface area (Å²) in [6, 6.07) is 7.73. The number of nitrogens with zero attached hydrogens (tertiary/aromatic N) is 1. The van der Waals surface area contributed by atoms with Crippen molar-refractivity contribution >= 4 is 17.2 Å². The molecule has 4 nitrogen and oxygen atoms in total. The molecule has 2 rings (SSSR count). The third kappa shape index (κ3) is 2.83. The predicted octanol–water partition coefficient (Wildman–Crippen LogP) is 2.96. The first-order valence-corrected chi connectivity index (χ1v) is 5.91. The van der Waals surface area contributed by atoms with Crippen LogP contribution < -0.4 is 5.73 Å². The molecule has 0 saturated heterocycles. The maximum Gasteiger partial charge on any atom is 0.328 e. The van der Waals surface area contributed by atoms with Crippen molar-refractivity contribution in [2.24, 2.45) is 0 Å². The Morgan fingerprint density at radius 2 is 2.15 bits per heavy atom. The summed E-state index contributed by atoms with van der Waals surface area (Å²) in [6.45, 7) is 1.66. The molecule has 0 bridgehead atoms. The van der Waals surface area contributed by atoms with Crippen LogP contribution >= 0.6 is 0 Å². The van der Waals surface area contributed by atoms with Gasteiger partial charge < -0.3 is 10.8 Å². The van der Waals surface area contributed by atoms with E-state index in [1.807, 2.05) is 0 Å².